The Morgan fingerprint density at radius 2 is 2.00 bits per heavy atom. The molecule has 0 spiro atoms. The van der Waals surface area contributed by atoms with Crippen molar-refractivity contribution in [3.05, 3.63) is 41.6 Å². The number of aromatic nitrogens is 2. The molecule has 4 nitrogen and oxygen atoms in total. The van der Waals surface area contributed by atoms with Crippen LogP contribution in [-0.4, -0.2) is 17.3 Å². The monoisotopic (exact) mass is 217 g/mol. The summed E-state index contributed by atoms with van der Waals surface area (Å²) in [5, 5.41) is 6.85. The number of hydrogen-bond acceptors (Lipinski definition) is 3. The predicted molar refractivity (Wildman–Crippen MR) is 63.5 cm³/mol. The summed E-state index contributed by atoms with van der Waals surface area (Å²) in [7, 11) is 1.66. The molecule has 1 unspecified atom stereocenters. The Balaban J connectivity index is 2.23. The summed E-state index contributed by atoms with van der Waals surface area (Å²) >= 11 is 0. The third-order valence-electron chi connectivity index (χ3n) is 2.70. The Hall–Kier alpha value is -1.97. The van der Waals surface area contributed by atoms with Crippen molar-refractivity contribution in [2.24, 2.45) is 0 Å². The number of hydrogen-bond donors (Lipinski definition) is 2. The van der Waals surface area contributed by atoms with Crippen LogP contribution >= 0.6 is 0 Å². The van der Waals surface area contributed by atoms with Gasteiger partial charge in [0.25, 0.3) is 0 Å². The van der Waals surface area contributed by atoms with Crippen LogP contribution in [0.1, 0.15) is 24.1 Å². The summed E-state index contributed by atoms with van der Waals surface area (Å²) in [5.74, 6) is 1.63. The fourth-order valence-electron chi connectivity index (χ4n) is 1.65. The fraction of sp³-hybridized carbons (Fsp3) is 0.250. The molecule has 0 radical (unpaired) electrons. The van der Waals surface area contributed by atoms with Crippen LogP contribution in [0.2, 0.25) is 0 Å². The lowest BCUT2D eigenvalue weighted by atomic mass is 9.98. The second kappa shape index (κ2) is 4.26. The first-order chi connectivity index (χ1) is 7.70. The Morgan fingerprint density at radius 1 is 1.31 bits per heavy atom. The average molecular weight is 217 g/mol. The topological polar surface area (TPSA) is 63.9 Å². The van der Waals surface area contributed by atoms with E-state index >= 15 is 0 Å². The van der Waals surface area contributed by atoms with Gasteiger partial charge in [0.2, 0.25) is 0 Å². The molecule has 0 aliphatic rings. The van der Waals surface area contributed by atoms with E-state index in [1.807, 2.05) is 30.3 Å². The lowest BCUT2D eigenvalue weighted by Gasteiger charge is -2.10. The van der Waals surface area contributed by atoms with Crippen molar-refractivity contribution in [1.82, 2.24) is 10.2 Å². The van der Waals surface area contributed by atoms with Gasteiger partial charge in [0.05, 0.1) is 7.11 Å². The van der Waals surface area contributed by atoms with Crippen LogP contribution < -0.4 is 10.5 Å². The second-order valence-corrected chi connectivity index (χ2v) is 3.74. The van der Waals surface area contributed by atoms with E-state index in [9.17, 15) is 0 Å². The zero-order chi connectivity index (χ0) is 11.5. The number of nitrogen functional groups attached to an aromatic ring is 1. The van der Waals surface area contributed by atoms with E-state index in [-0.39, 0.29) is 5.92 Å². The Bertz CT molecular complexity index is 461. The molecule has 0 saturated carbocycles. The van der Waals surface area contributed by atoms with Crippen LogP contribution in [0.25, 0.3) is 0 Å². The molecule has 84 valence electrons. The van der Waals surface area contributed by atoms with Gasteiger partial charge >= 0.3 is 0 Å². The van der Waals surface area contributed by atoms with E-state index in [0.29, 0.717) is 5.82 Å². The molecule has 0 aliphatic carbocycles. The van der Waals surface area contributed by atoms with Crippen molar-refractivity contribution < 1.29 is 4.74 Å². The van der Waals surface area contributed by atoms with Crippen molar-refractivity contribution in [3.63, 3.8) is 0 Å². The van der Waals surface area contributed by atoms with Gasteiger partial charge in [-0.2, -0.15) is 5.10 Å². The molecule has 0 aliphatic heterocycles. The summed E-state index contributed by atoms with van der Waals surface area (Å²) in [6.45, 7) is 2.11. The highest BCUT2D eigenvalue weighted by molar-refractivity contribution is 5.37. The van der Waals surface area contributed by atoms with E-state index in [4.69, 9.17) is 10.5 Å². The molecule has 0 saturated heterocycles. The number of aromatic amines is 1. The Labute approximate surface area is 94.4 Å². The molecule has 0 bridgehead atoms. The zero-order valence-electron chi connectivity index (χ0n) is 9.40. The van der Waals surface area contributed by atoms with Gasteiger partial charge in [0, 0.05) is 17.7 Å². The number of rotatable bonds is 3. The van der Waals surface area contributed by atoms with Crippen LogP contribution in [0.5, 0.6) is 5.75 Å². The van der Waals surface area contributed by atoms with Gasteiger partial charge in [-0.05, 0) is 17.7 Å². The highest BCUT2D eigenvalue weighted by atomic mass is 16.5. The Kier molecular flexibility index (Phi) is 2.81. The van der Waals surface area contributed by atoms with E-state index < -0.39 is 0 Å². The molecule has 4 heteroatoms. The number of anilines is 1. The van der Waals surface area contributed by atoms with Crippen LogP contribution in [0, 0.1) is 0 Å². The minimum Gasteiger partial charge on any atom is -0.497 e. The number of H-pyrrole nitrogens is 1. The third kappa shape index (κ3) is 2.00. The lowest BCUT2D eigenvalue weighted by Crippen LogP contribution is -1.96. The van der Waals surface area contributed by atoms with Gasteiger partial charge in [0.15, 0.2) is 0 Å². The first-order valence-electron chi connectivity index (χ1n) is 5.15. The van der Waals surface area contributed by atoms with Crippen LogP contribution in [0.3, 0.4) is 0 Å². The van der Waals surface area contributed by atoms with Crippen molar-refractivity contribution >= 4 is 5.82 Å². The third-order valence-corrected chi connectivity index (χ3v) is 2.70. The van der Waals surface area contributed by atoms with Crippen molar-refractivity contribution in [2.75, 3.05) is 12.8 Å². The number of nitrogens with two attached hydrogens (primary N) is 1. The standard InChI is InChI=1S/C12H15N3O/c1-8(11-7-12(13)15-14-11)9-3-5-10(16-2)6-4-9/h3-8H,1-2H3,(H3,13,14,15). The highest BCUT2D eigenvalue weighted by Gasteiger charge is 2.10. The predicted octanol–water partition coefficient (Wildman–Crippen LogP) is 2.15. The minimum atomic E-state index is 0.246. The number of methoxy groups -OCH3 is 1. The quantitative estimate of drug-likeness (QED) is 0.828. The maximum atomic E-state index is 5.58. The van der Waals surface area contributed by atoms with Crippen LogP contribution in [-0.2, 0) is 0 Å². The van der Waals surface area contributed by atoms with Crippen molar-refractivity contribution in [2.45, 2.75) is 12.8 Å². The molecule has 3 N–H and O–H groups in total. The van der Waals surface area contributed by atoms with Gasteiger partial charge in [-0.3, -0.25) is 5.10 Å². The van der Waals surface area contributed by atoms with Crippen LogP contribution in [0.4, 0.5) is 5.82 Å². The Morgan fingerprint density at radius 3 is 2.50 bits per heavy atom. The summed E-state index contributed by atoms with van der Waals surface area (Å²) < 4.78 is 5.12. The van der Waals surface area contributed by atoms with Crippen LogP contribution in [0.15, 0.2) is 30.3 Å². The molecule has 1 heterocycles. The summed E-state index contributed by atoms with van der Waals surface area (Å²) in [5.41, 5.74) is 7.79. The first kappa shape index (κ1) is 10.5. The van der Waals surface area contributed by atoms with Gasteiger partial charge in [0.1, 0.15) is 11.6 Å². The number of ether oxygens (including phenoxy) is 1. The van der Waals surface area contributed by atoms with E-state index in [1.165, 1.54) is 5.56 Å². The summed E-state index contributed by atoms with van der Waals surface area (Å²) in [6, 6.07) is 9.84. The molecule has 2 aromatic rings. The summed E-state index contributed by atoms with van der Waals surface area (Å²) in [6.07, 6.45) is 0. The molecule has 0 amide bonds. The van der Waals surface area contributed by atoms with Crippen molar-refractivity contribution in [1.29, 1.82) is 0 Å². The SMILES string of the molecule is COc1ccc(C(C)c2cc(N)n[nH]2)cc1. The number of benzene rings is 1. The van der Waals surface area contributed by atoms with Gasteiger partial charge < -0.3 is 10.5 Å². The number of nitrogens with zero attached hydrogens (tertiary/aromatic N) is 1. The van der Waals surface area contributed by atoms with Gasteiger partial charge in [-0.15, -0.1) is 0 Å². The molecule has 1 aromatic carbocycles. The molecule has 1 aromatic heterocycles. The van der Waals surface area contributed by atoms with E-state index in [0.717, 1.165) is 11.4 Å². The van der Waals surface area contributed by atoms with E-state index in [1.54, 1.807) is 7.11 Å². The molecule has 16 heavy (non-hydrogen) atoms. The smallest absolute Gasteiger partial charge is 0.145 e. The highest BCUT2D eigenvalue weighted by Crippen LogP contribution is 2.24. The zero-order valence-corrected chi connectivity index (χ0v) is 9.40. The van der Waals surface area contributed by atoms with Crippen molar-refractivity contribution in [3.8, 4) is 5.75 Å². The number of nitrogens with one attached hydrogen (secondary N) is 1. The molecule has 1 atom stereocenters. The summed E-state index contributed by atoms with van der Waals surface area (Å²) in [4.78, 5) is 0. The molecule has 2 rings (SSSR count). The average Bonchev–Trinajstić information content (AvgIpc) is 2.75. The normalized spacial score (nSPS) is 12.4. The molecular formula is C12H15N3O. The first-order valence-corrected chi connectivity index (χ1v) is 5.15. The fourth-order valence-corrected chi connectivity index (χ4v) is 1.65. The minimum absolute atomic E-state index is 0.246. The lowest BCUT2D eigenvalue weighted by molar-refractivity contribution is 0.414. The van der Waals surface area contributed by atoms with Gasteiger partial charge in [-0.25, -0.2) is 0 Å². The van der Waals surface area contributed by atoms with E-state index in [2.05, 4.69) is 17.1 Å². The largest absolute Gasteiger partial charge is 0.497 e. The maximum absolute atomic E-state index is 5.58. The van der Waals surface area contributed by atoms with Gasteiger partial charge in [-0.1, -0.05) is 19.1 Å². The maximum Gasteiger partial charge on any atom is 0.145 e. The second-order valence-electron chi connectivity index (χ2n) is 3.74. The molecule has 0 fully saturated rings. The molecular weight excluding hydrogens is 202 g/mol.